The Kier molecular flexibility index (Phi) is 4.35. The number of hydrogen-bond donors (Lipinski definition) is 0. The van der Waals surface area contributed by atoms with Crippen LogP contribution >= 0.6 is 11.3 Å². The number of hydrogen-bond acceptors (Lipinski definition) is 4. The molecule has 0 saturated carbocycles. The Morgan fingerprint density at radius 3 is 2.46 bits per heavy atom. The number of fused-ring (bicyclic) bond motifs is 1. The minimum atomic E-state index is 0.617. The zero-order valence-electron chi connectivity index (χ0n) is 15.1. The second-order valence-corrected chi connectivity index (χ2v) is 7.32. The monoisotopic (exact) mass is 382 g/mol. The van der Waals surface area contributed by atoms with E-state index < -0.39 is 0 Å². The van der Waals surface area contributed by atoms with Crippen LogP contribution in [0.15, 0.2) is 95.6 Å². The summed E-state index contributed by atoms with van der Waals surface area (Å²) >= 11 is 1.64. The first-order chi connectivity index (χ1) is 13.9. The van der Waals surface area contributed by atoms with Crippen molar-refractivity contribution in [1.82, 2.24) is 9.38 Å². The summed E-state index contributed by atoms with van der Waals surface area (Å²) in [6.45, 7) is 0.617. The van der Waals surface area contributed by atoms with E-state index >= 15 is 0 Å². The fourth-order valence-corrected chi connectivity index (χ4v) is 3.98. The van der Waals surface area contributed by atoms with E-state index in [1.165, 1.54) is 0 Å². The van der Waals surface area contributed by atoms with Crippen LogP contribution < -0.4 is 4.90 Å². The lowest BCUT2D eigenvalue weighted by atomic mass is 10.1. The van der Waals surface area contributed by atoms with Crippen LogP contribution in [0.4, 0.5) is 5.69 Å². The van der Waals surface area contributed by atoms with E-state index in [1.54, 1.807) is 11.3 Å². The third-order valence-electron chi connectivity index (χ3n) is 4.68. The summed E-state index contributed by atoms with van der Waals surface area (Å²) in [5.41, 5.74) is 5.29. The van der Waals surface area contributed by atoms with E-state index in [4.69, 9.17) is 9.98 Å². The lowest BCUT2D eigenvalue weighted by molar-refractivity contribution is 0.965. The van der Waals surface area contributed by atoms with Gasteiger partial charge < -0.3 is 4.90 Å². The van der Waals surface area contributed by atoms with Crippen LogP contribution in [-0.2, 0) is 0 Å². The summed E-state index contributed by atoms with van der Waals surface area (Å²) in [5, 5.41) is 2.06. The van der Waals surface area contributed by atoms with Gasteiger partial charge in [-0.2, -0.15) is 0 Å². The molecule has 4 nitrogen and oxygen atoms in total. The van der Waals surface area contributed by atoms with E-state index in [-0.39, 0.29) is 0 Å². The van der Waals surface area contributed by atoms with Gasteiger partial charge in [0.05, 0.1) is 17.1 Å². The molecule has 0 unspecified atom stereocenters. The highest BCUT2D eigenvalue weighted by atomic mass is 32.1. The lowest BCUT2D eigenvalue weighted by Gasteiger charge is -2.21. The van der Waals surface area contributed by atoms with Crippen LogP contribution in [0.3, 0.4) is 0 Å². The van der Waals surface area contributed by atoms with Crippen molar-refractivity contribution in [2.24, 2.45) is 4.99 Å². The van der Waals surface area contributed by atoms with E-state index in [0.29, 0.717) is 6.67 Å². The van der Waals surface area contributed by atoms with E-state index in [2.05, 4.69) is 63.5 Å². The SMILES string of the molecule is C1=CN(c2ccccc2)CN=C1/C=C/c1c(-c2ccccc2)nc2sccn12. The molecule has 2 aromatic carbocycles. The maximum atomic E-state index is 4.82. The van der Waals surface area contributed by atoms with E-state index in [9.17, 15) is 0 Å². The highest BCUT2D eigenvalue weighted by molar-refractivity contribution is 7.15. The number of para-hydroxylation sites is 1. The fourth-order valence-electron chi connectivity index (χ4n) is 3.25. The Morgan fingerprint density at radius 2 is 1.71 bits per heavy atom. The summed E-state index contributed by atoms with van der Waals surface area (Å²) in [6.07, 6.45) is 10.4. The minimum absolute atomic E-state index is 0.617. The average Bonchev–Trinajstić information content (AvgIpc) is 3.36. The largest absolute Gasteiger partial charge is 0.328 e. The molecular weight excluding hydrogens is 364 g/mol. The van der Waals surface area contributed by atoms with Gasteiger partial charge in [0.15, 0.2) is 4.96 Å². The number of imidazole rings is 1. The highest BCUT2D eigenvalue weighted by Crippen LogP contribution is 2.27. The molecule has 4 aromatic rings. The van der Waals surface area contributed by atoms with Crippen molar-refractivity contribution in [3.63, 3.8) is 0 Å². The van der Waals surface area contributed by atoms with E-state index in [0.717, 1.165) is 33.3 Å². The standard InChI is InChI=1S/C23H18N4S/c1-3-7-18(8-4-1)22-21(27-15-16-28-23(27)25-22)12-11-19-13-14-26(17-24-19)20-9-5-2-6-10-20/h1-16H,17H2/b12-11+. The number of aromatic nitrogens is 2. The molecule has 0 saturated heterocycles. The van der Waals surface area contributed by atoms with Crippen LogP contribution in [0.5, 0.6) is 0 Å². The molecule has 0 aliphatic carbocycles. The number of rotatable bonds is 4. The second-order valence-electron chi connectivity index (χ2n) is 6.45. The Labute approximate surface area is 167 Å². The third-order valence-corrected chi connectivity index (χ3v) is 5.43. The van der Waals surface area contributed by atoms with Crippen molar-refractivity contribution in [3.05, 3.63) is 96.3 Å². The summed E-state index contributed by atoms with van der Waals surface area (Å²) in [4.78, 5) is 12.6. The molecule has 1 aliphatic heterocycles. The van der Waals surface area contributed by atoms with Gasteiger partial charge in [0.1, 0.15) is 6.67 Å². The van der Waals surface area contributed by atoms with Crippen LogP contribution in [0.2, 0.25) is 0 Å². The Bertz CT molecular complexity index is 1180. The summed E-state index contributed by atoms with van der Waals surface area (Å²) in [6, 6.07) is 20.6. The van der Waals surface area contributed by atoms with Gasteiger partial charge in [-0.15, -0.1) is 11.3 Å². The Hall–Kier alpha value is -3.44. The smallest absolute Gasteiger partial charge is 0.194 e. The number of allylic oxidation sites excluding steroid dienone is 2. The summed E-state index contributed by atoms with van der Waals surface area (Å²) in [5.74, 6) is 0. The molecule has 0 N–H and O–H groups in total. The molecule has 28 heavy (non-hydrogen) atoms. The normalized spacial score (nSPS) is 14.1. The molecule has 0 spiro atoms. The molecule has 2 aromatic heterocycles. The molecule has 0 amide bonds. The minimum Gasteiger partial charge on any atom is -0.328 e. The van der Waals surface area contributed by atoms with Crippen molar-refractivity contribution < 1.29 is 0 Å². The number of nitrogens with zero attached hydrogens (tertiary/aromatic N) is 4. The van der Waals surface area contributed by atoms with Gasteiger partial charge in [0, 0.05) is 29.0 Å². The quantitative estimate of drug-likeness (QED) is 0.466. The lowest BCUT2D eigenvalue weighted by Crippen LogP contribution is -2.20. The van der Waals surface area contributed by atoms with Crippen LogP contribution in [0.1, 0.15) is 5.69 Å². The van der Waals surface area contributed by atoms with Gasteiger partial charge in [0.2, 0.25) is 0 Å². The highest BCUT2D eigenvalue weighted by Gasteiger charge is 2.13. The van der Waals surface area contributed by atoms with Gasteiger partial charge in [-0.05, 0) is 30.4 Å². The number of benzene rings is 2. The second kappa shape index (κ2) is 7.29. The first-order valence-electron chi connectivity index (χ1n) is 9.12. The predicted octanol–water partition coefficient (Wildman–Crippen LogP) is 5.51. The van der Waals surface area contributed by atoms with Crippen molar-refractivity contribution >= 4 is 33.8 Å². The molecule has 0 radical (unpaired) electrons. The first-order valence-corrected chi connectivity index (χ1v) is 10.00. The van der Waals surface area contributed by atoms with Gasteiger partial charge >= 0.3 is 0 Å². The number of aliphatic imine (C=N–C) groups is 1. The zero-order chi connectivity index (χ0) is 18.8. The molecule has 0 fully saturated rings. The van der Waals surface area contributed by atoms with Crippen molar-refractivity contribution in [1.29, 1.82) is 0 Å². The maximum absolute atomic E-state index is 4.82. The van der Waals surface area contributed by atoms with Gasteiger partial charge in [-0.25, -0.2) is 4.98 Å². The molecule has 3 heterocycles. The van der Waals surface area contributed by atoms with Crippen molar-refractivity contribution in [3.8, 4) is 11.3 Å². The van der Waals surface area contributed by atoms with Gasteiger partial charge in [-0.3, -0.25) is 9.39 Å². The average molecular weight is 382 g/mol. The molecule has 5 heteroatoms. The van der Waals surface area contributed by atoms with Crippen molar-refractivity contribution in [2.45, 2.75) is 0 Å². The fraction of sp³-hybridized carbons (Fsp3) is 0.0435. The van der Waals surface area contributed by atoms with Crippen LogP contribution in [0, 0.1) is 0 Å². The number of thiazole rings is 1. The molecule has 136 valence electrons. The Morgan fingerprint density at radius 1 is 0.929 bits per heavy atom. The van der Waals surface area contributed by atoms with Gasteiger partial charge in [0.25, 0.3) is 0 Å². The summed E-state index contributed by atoms with van der Waals surface area (Å²) in [7, 11) is 0. The van der Waals surface area contributed by atoms with E-state index in [1.807, 2.05) is 42.5 Å². The summed E-state index contributed by atoms with van der Waals surface area (Å²) < 4.78 is 2.13. The number of anilines is 1. The molecule has 5 rings (SSSR count). The van der Waals surface area contributed by atoms with Gasteiger partial charge in [-0.1, -0.05) is 48.5 Å². The Balaban J connectivity index is 1.43. The third kappa shape index (κ3) is 3.17. The molecule has 1 aliphatic rings. The van der Waals surface area contributed by atoms with Crippen LogP contribution in [-0.4, -0.2) is 21.8 Å². The predicted molar refractivity (Wildman–Crippen MR) is 118 cm³/mol. The molecular formula is C23H18N4S. The molecule has 0 bridgehead atoms. The van der Waals surface area contributed by atoms with Crippen LogP contribution in [0.25, 0.3) is 22.3 Å². The topological polar surface area (TPSA) is 32.9 Å². The first kappa shape index (κ1) is 16.7. The maximum Gasteiger partial charge on any atom is 0.194 e. The van der Waals surface area contributed by atoms with Crippen molar-refractivity contribution in [2.75, 3.05) is 11.6 Å². The molecule has 0 atom stereocenters. The zero-order valence-corrected chi connectivity index (χ0v) is 16.0.